The Morgan fingerprint density at radius 3 is 2.72 bits per heavy atom. The highest BCUT2D eigenvalue weighted by Crippen LogP contribution is 2.10. The largest absolute Gasteiger partial charge is 0.357 e. The lowest BCUT2D eigenvalue weighted by molar-refractivity contribution is 0.632. The molecule has 2 aromatic rings. The molecule has 6 nitrogen and oxygen atoms in total. The molecule has 1 aromatic carbocycles. The normalized spacial score (nSPS) is 11.6. The Hall–Kier alpha value is -2.08. The summed E-state index contributed by atoms with van der Waals surface area (Å²) in [5.41, 5.74) is 1.29. The van der Waals surface area contributed by atoms with Crippen LogP contribution >= 0.6 is 11.6 Å². The Kier molecular flexibility index (Phi) is 8.25. The van der Waals surface area contributed by atoms with Crippen molar-refractivity contribution in [2.45, 2.75) is 39.7 Å². The number of hydrogen-bond donors (Lipinski definition) is 2. The number of nitrogens with one attached hydrogen (secondary N) is 2. The summed E-state index contributed by atoms with van der Waals surface area (Å²) in [4.78, 5) is 4.64. The summed E-state index contributed by atoms with van der Waals surface area (Å²) >= 11 is 5.91. The minimum absolute atomic E-state index is 0.778. The highest BCUT2D eigenvalue weighted by molar-refractivity contribution is 6.30. The maximum absolute atomic E-state index is 5.91. The van der Waals surface area contributed by atoms with Crippen molar-refractivity contribution in [3.63, 3.8) is 0 Å². The van der Waals surface area contributed by atoms with Crippen LogP contribution in [-0.4, -0.2) is 40.4 Å². The van der Waals surface area contributed by atoms with Gasteiger partial charge in [0.2, 0.25) is 0 Å². The van der Waals surface area contributed by atoms with Gasteiger partial charge in [-0.1, -0.05) is 30.7 Å². The van der Waals surface area contributed by atoms with Crippen LogP contribution < -0.4 is 10.6 Å². The van der Waals surface area contributed by atoms with Crippen LogP contribution in [0.25, 0.3) is 0 Å². The number of rotatable bonds is 9. The van der Waals surface area contributed by atoms with Crippen LogP contribution in [0.4, 0.5) is 0 Å². The molecule has 0 fully saturated rings. The fourth-order valence-electron chi connectivity index (χ4n) is 2.50. The Labute approximate surface area is 154 Å². The Balaban J connectivity index is 1.74. The van der Waals surface area contributed by atoms with Crippen molar-refractivity contribution in [3.05, 3.63) is 47.0 Å². The minimum Gasteiger partial charge on any atom is -0.357 e. The predicted molar refractivity (Wildman–Crippen MR) is 103 cm³/mol. The summed E-state index contributed by atoms with van der Waals surface area (Å²) in [6.45, 7) is 7.39. The lowest BCUT2D eigenvalue weighted by atomic mass is 10.1. The monoisotopic (exact) mass is 362 g/mol. The maximum Gasteiger partial charge on any atom is 0.191 e. The van der Waals surface area contributed by atoms with E-state index >= 15 is 0 Å². The smallest absolute Gasteiger partial charge is 0.191 e. The van der Waals surface area contributed by atoms with Crippen molar-refractivity contribution >= 4 is 17.6 Å². The van der Waals surface area contributed by atoms with Gasteiger partial charge >= 0.3 is 0 Å². The Bertz CT molecular complexity index is 650. The molecule has 0 aliphatic heterocycles. The molecule has 2 rings (SSSR count). The molecule has 0 bridgehead atoms. The number of benzene rings is 1. The van der Waals surface area contributed by atoms with E-state index < -0.39 is 0 Å². The second kappa shape index (κ2) is 10.7. The van der Waals surface area contributed by atoms with E-state index in [0.29, 0.717) is 0 Å². The van der Waals surface area contributed by atoms with Gasteiger partial charge in [0.15, 0.2) is 5.96 Å². The lowest BCUT2D eigenvalue weighted by Gasteiger charge is -2.12. The summed E-state index contributed by atoms with van der Waals surface area (Å²) in [6, 6.07) is 8.00. The molecule has 1 aromatic heterocycles. The first-order valence-corrected chi connectivity index (χ1v) is 9.24. The number of guanidine groups is 1. The van der Waals surface area contributed by atoms with Gasteiger partial charge in [0.1, 0.15) is 12.2 Å². The van der Waals surface area contributed by atoms with E-state index in [1.54, 1.807) is 6.33 Å². The van der Waals surface area contributed by atoms with Crippen LogP contribution in [0, 0.1) is 0 Å². The topological polar surface area (TPSA) is 67.1 Å². The first kappa shape index (κ1) is 19.2. The summed E-state index contributed by atoms with van der Waals surface area (Å²) in [5, 5.41) is 15.5. The van der Waals surface area contributed by atoms with Crippen LogP contribution in [0.1, 0.15) is 31.7 Å². The van der Waals surface area contributed by atoms with E-state index in [-0.39, 0.29) is 0 Å². The SMILES string of the molecule is CCNC(=NCCCc1ccc(Cl)cc1)NCCn1cnnc1CC. The average Bonchev–Trinajstić information content (AvgIpc) is 3.07. The molecule has 0 atom stereocenters. The third-order valence-corrected chi connectivity index (χ3v) is 4.06. The van der Waals surface area contributed by atoms with E-state index in [9.17, 15) is 0 Å². The van der Waals surface area contributed by atoms with Gasteiger partial charge in [0.05, 0.1) is 0 Å². The molecule has 0 saturated carbocycles. The molecule has 2 N–H and O–H groups in total. The summed E-state index contributed by atoms with van der Waals surface area (Å²) in [7, 11) is 0. The Morgan fingerprint density at radius 2 is 2.00 bits per heavy atom. The van der Waals surface area contributed by atoms with Crippen LogP contribution in [0.2, 0.25) is 5.02 Å². The number of aliphatic imine (C=N–C) groups is 1. The minimum atomic E-state index is 0.778. The van der Waals surface area contributed by atoms with Crippen molar-refractivity contribution in [2.24, 2.45) is 4.99 Å². The van der Waals surface area contributed by atoms with Gasteiger partial charge in [0, 0.05) is 37.6 Å². The number of aryl methyl sites for hydroxylation is 2. The van der Waals surface area contributed by atoms with Crippen LogP contribution in [0.5, 0.6) is 0 Å². The highest BCUT2D eigenvalue weighted by Gasteiger charge is 2.02. The molecule has 1 heterocycles. The van der Waals surface area contributed by atoms with Gasteiger partial charge in [-0.05, 0) is 37.5 Å². The third-order valence-electron chi connectivity index (χ3n) is 3.81. The summed E-state index contributed by atoms with van der Waals surface area (Å²) < 4.78 is 2.07. The van der Waals surface area contributed by atoms with E-state index in [1.807, 2.05) is 12.1 Å². The zero-order chi connectivity index (χ0) is 17.9. The third kappa shape index (κ3) is 6.74. The standard InChI is InChI=1S/C18H27ClN6/c1-3-17-24-23-14-25(17)13-12-22-18(20-4-2)21-11-5-6-15-7-9-16(19)10-8-15/h7-10,14H,3-6,11-13H2,1-2H3,(H2,20,21,22). The van der Waals surface area contributed by atoms with E-state index in [0.717, 1.165) is 62.2 Å². The molecular weight excluding hydrogens is 336 g/mol. The fourth-order valence-corrected chi connectivity index (χ4v) is 2.63. The fraction of sp³-hybridized carbons (Fsp3) is 0.500. The molecule has 0 aliphatic rings. The van der Waals surface area contributed by atoms with Gasteiger partial charge in [-0.25, -0.2) is 0 Å². The van der Waals surface area contributed by atoms with E-state index in [1.165, 1.54) is 5.56 Å². The van der Waals surface area contributed by atoms with Crippen molar-refractivity contribution in [3.8, 4) is 0 Å². The van der Waals surface area contributed by atoms with Crippen molar-refractivity contribution < 1.29 is 0 Å². The second-order valence-corrected chi connectivity index (χ2v) is 6.15. The summed E-state index contributed by atoms with van der Waals surface area (Å²) in [5.74, 6) is 1.86. The zero-order valence-corrected chi connectivity index (χ0v) is 15.8. The van der Waals surface area contributed by atoms with E-state index in [4.69, 9.17) is 11.6 Å². The van der Waals surface area contributed by atoms with Crippen molar-refractivity contribution in [1.29, 1.82) is 0 Å². The van der Waals surface area contributed by atoms with Gasteiger partial charge < -0.3 is 15.2 Å². The average molecular weight is 363 g/mol. The van der Waals surface area contributed by atoms with Gasteiger partial charge in [-0.2, -0.15) is 0 Å². The second-order valence-electron chi connectivity index (χ2n) is 5.71. The molecule has 0 unspecified atom stereocenters. The van der Waals surface area contributed by atoms with Crippen LogP contribution in [0.3, 0.4) is 0 Å². The zero-order valence-electron chi connectivity index (χ0n) is 15.0. The molecule has 25 heavy (non-hydrogen) atoms. The van der Waals surface area contributed by atoms with Gasteiger partial charge in [-0.15, -0.1) is 10.2 Å². The number of aromatic nitrogens is 3. The molecular formula is C18H27ClN6. The van der Waals surface area contributed by atoms with Crippen LogP contribution in [0.15, 0.2) is 35.6 Å². The molecule has 0 spiro atoms. The van der Waals surface area contributed by atoms with Crippen molar-refractivity contribution in [1.82, 2.24) is 25.4 Å². The molecule has 136 valence electrons. The number of hydrogen-bond acceptors (Lipinski definition) is 3. The van der Waals surface area contributed by atoms with Crippen molar-refractivity contribution in [2.75, 3.05) is 19.6 Å². The quantitative estimate of drug-likeness (QED) is 0.409. The maximum atomic E-state index is 5.91. The highest BCUT2D eigenvalue weighted by atomic mass is 35.5. The first-order valence-electron chi connectivity index (χ1n) is 8.86. The van der Waals surface area contributed by atoms with E-state index in [2.05, 4.69) is 56.4 Å². The van der Waals surface area contributed by atoms with Gasteiger partial charge in [-0.3, -0.25) is 4.99 Å². The molecule has 0 aliphatic carbocycles. The molecule has 0 saturated heterocycles. The number of halogens is 1. The first-order chi connectivity index (χ1) is 12.2. The molecule has 7 heteroatoms. The Morgan fingerprint density at radius 1 is 1.20 bits per heavy atom. The predicted octanol–water partition coefficient (Wildman–Crippen LogP) is 2.68. The van der Waals surface area contributed by atoms with Crippen LogP contribution in [-0.2, 0) is 19.4 Å². The molecule has 0 amide bonds. The van der Waals surface area contributed by atoms with Gasteiger partial charge in [0.25, 0.3) is 0 Å². The number of nitrogens with zero attached hydrogens (tertiary/aromatic N) is 4. The summed E-state index contributed by atoms with van der Waals surface area (Å²) in [6.07, 6.45) is 4.67. The molecule has 0 radical (unpaired) electrons. The lowest BCUT2D eigenvalue weighted by Crippen LogP contribution is -2.39.